The summed E-state index contributed by atoms with van der Waals surface area (Å²) in [5, 5.41) is 14.0. The van der Waals surface area contributed by atoms with E-state index in [1.165, 1.54) is 4.90 Å². The number of hydrogen-bond donors (Lipinski definition) is 1. The molecule has 1 N–H and O–H groups in total. The van der Waals surface area contributed by atoms with Crippen LogP contribution in [0.15, 0.2) is 18.2 Å². The van der Waals surface area contributed by atoms with E-state index in [9.17, 15) is 19.3 Å². The molecule has 0 aromatic heterocycles. The normalized spacial score (nSPS) is 18.3. The van der Waals surface area contributed by atoms with E-state index in [-0.39, 0.29) is 11.6 Å². The van der Waals surface area contributed by atoms with Crippen molar-refractivity contribution in [3.05, 3.63) is 39.7 Å². The fourth-order valence-corrected chi connectivity index (χ4v) is 2.16. The van der Waals surface area contributed by atoms with Gasteiger partial charge in [-0.25, -0.2) is 4.39 Å². The Kier molecular flexibility index (Phi) is 3.75. The van der Waals surface area contributed by atoms with E-state index >= 15 is 0 Å². The molecule has 0 aliphatic carbocycles. The summed E-state index contributed by atoms with van der Waals surface area (Å²) < 4.78 is 13.0. The van der Waals surface area contributed by atoms with Crippen molar-refractivity contribution in [3.8, 4) is 0 Å². The van der Waals surface area contributed by atoms with E-state index in [1.54, 1.807) is 7.05 Å². The van der Waals surface area contributed by atoms with Gasteiger partial charge in [-0.05, 0) is 25.1 Å². The van der Waals surface area contributed by atoms with Crippen LogP contribution < -0.4 is 5.32 Å². The highest BCUT2D eigenvalue weighted by Gasteiger charge is 2.28. The summed E-state index contributed by atoms with van der Waals surface area (Å²) in [5.74, 6) is -1.19. The molecule has 1 aliphatic rings. The van der Waals surface area contributed by atoms with Gasteiger partial charge in [0.2, 0.25) is 0 Å². The van der Waals surface area contributed by atoms with Gasteiger partial charge in [0.25, 0.3) is 11.6 Å². The van der Waals surface area contributed by atoms with Crippen molar-refractivity contribution in [3.63, 3.8) is 0 Å². The Balaban J connectivity index is 2.30. The zero-order valence-electron chi connectivity index (χ0n) is 10.4. The predicted octanol–water partition coefficient (Wildman–Crippen LogP) is 1.17. The molecule has 19 heavy (non-hydrogen) atoms. The minimum Gasteiger partial charge on any atom is -0.337 e. The van der Waals surface area contributed by atoms with Gasteiger partial charge in [0.05, 0.1) is 11.0 Å². The lowest BCUT2D eigenvalue weighted by molar-refractivity contribution is -0.385. The SMILES string of the molecule is CN(C(=O)c1ccc(F)cc1[N+](=O)[O-])C1CCNC1. The Hall–Kier alpha value is -2.02. The van der Waals surface area contributed by atoms with Crippen LogP contribution >= 0.6 is 0 Å². The van der Waals surface area contributed by atoms with Crippen LogP contribution in [0.2, 0.25) is 0 Å². The first kappa shape index (κ1) is 13.4. The molecule has 1 atom stereocenters. The maximum absolute atomic E-state index is 13.0. The molecule has 7 heteroatoms. The highest BCUT2D eigenvalue weighted by atomic mass is 19.1. The maximum atomic E-state index is 13.0. The second-order valence-corrected chi connectivity index (χ2v) is 4.48. The van der Waals surface area contributed by atoms with Gasteiger partial charge in [0.1, 0.15) is 11.4 Å². The number of benzene rings is 1. The Labute approximate surface area is 109 Å². The third-order valence-corrected chi connectivity index (χ3v) is 3.29. The Morgan fingerprint density at radius 2 is 2.32 bits per heavy atom. The third-order valence-electron chi connectivity index (χ3n) is 3.29. The monoisotopic (exact) mass is 267 g/mol. The summed E-state index contributed by atoms with van der Waals surface area (Å²) >= 11 is 0. The molecule has 1 heterocycles. The van der Waals surface area contributed by atoms with Gasteiger partial charge in [-0.15, -0.1) is 0 Å². The number of nitro groups is 1. The molecule has 1 amide bonds. The number of carbonyl (C=O) groups is 1. The van der Waals surface area contributed by atoms with E-state index in [0.29, 0.717) is 6.54 Å². The molecule has 0 saturated carbocycles. The molecule has 6 nitrogen and oxygen atoms in total. The van der Waals surface area contributed by atoms with Gasteiger partial charge in [-0.2, -0.15) is 0 Å². The number of nitrogens with one attached hydrogen (secondary N) is 1. The first-order valence-electron chi connectivity index (χ1n) is 5.92. The molecule has 102 valence electrons. The molecule has 2 rings (SSSR count). The van der Waals surface area contributed by atoms with Crippen molar-refractivity contribution >= 4 is 11.6 Å². The van der Waals surface area contributed by atoms with E-state index in [1.807, 2.05) is 0 Å². The zero-order valence-corrected chi connectivity index (χ0v) is 10.4. The number of amides is 1. The second-order valence-electron chi connectivity index (χ2n) is 4.48. The summed E-state index contributed by atoms with van der Waals surface area (Å²) in [5.41, 5.74) is -0.580. The smallest absolute Gasteiger partial charge is 0.285 e. The van der Waals surface area contributed by atoms with Crippen LogP contribution in [0.25, 0.3) is 0 Å². The van der Waals surface area contributed by atoms with E-state index in [0.717, 1.165) is 31.2 Å². The lowest BCUT2D eigenvalue weighted by atomic mass is 10.1. The van der Waals surface area contributed by atoms with Crippen molar-refractivity contribution in [2.75, 3.05) is 20.1 Å². The summed E-state index contributed by atoms with van der Waals surface area (Å²) in [7, 11) is 1.60. The van der Waals surface area contributed by atoms with Crippen molar-refractivity contribution in [2.24, 2.45) is 0 Å². The molecule has 1 fully saturated rings. The second kappa shape index (κ2) is 5.31. The van der Waals surface area contributed by atoms with E-state index in [2.05, 4.69) is 5.32 Å². The molecule has 1 unspecified atom stereocenters. The van der Waals surface area contributed by atoms with Gasteiger partial charge >= 0.3 is 0 Å². The molecule has 1 saturated heterocycles. The fourth-order valence-electron chi connectivity index (χ4n) is 2.16. The molecular formula is C12H14FN3O3. The van der Waals surface area contributed by atoms with E-state index < -0.39 is 22.3 Å². The number of likely N-dealkylation sites (N-methyl/N-ethyl adjacent to an activating group) is 1. The Bertz CT molecular complexity index is 515. The molecule has 1 aliphatic heterocycles. The highest BCUT2D eigenvalue weighted by Crippen LogP contribution is 2.22. The molecule has 1 aromatic rings. The minimum absolute atomic E-state index is 0.0113. The number of nitro benzene ring substituents is 1. The molecule has 1 aromatic carbocycles. The summed E-state index contributed by atoms with van der Waals surface area (Å²) in [6, 6.07) is 3.00. The van der Waals surface area contributed by atoms with Crippen molar-refractivity contribution in [1.82, 2.24) is 10.2 Å². The number of carbonyl (C=O) groups excluding carboxylic acids is 1. The van der Waals surface area contributed by atoms with Crippen LogP contribution in [-0.2, 0) is 0 Å². The number of nitrogens with zero attached hydrogens (tertiary/aromatic N) is 2. The van der Waals surface area contributed by atoms with Crippen LogP contribution in [0.1, 0.15) is 16.8 Å². The zero-order chi connectivity index (χ0) is 14.0. The standard InChI is InChI=1S/C12H14FN3O3/c1-15(9-4-5-14-7-9)12(17)10-3-2-8(13)6-11(10)16(18)19/h2-3,6,9,14H,4-5,7H2,1H3. The van der Waals surface area contributed by atoms with Gasteiger partial charge in [0, 0.05) is 19.6 Å². The van der Waals surface area contributed by atoms with Crippen molar-refractivity contribution in [2.45, 2.75) is 12.5 Å². The highest BCUT2D eigenvalue weighted by molar-refractivity contribution is 5.98. The Morgan fingerprint density at radius 1 is 1.58 bits per heavy atom. The van der Waals surface area contributed by atoms with E-state index in [4.69, 9.17) is 0 Å². The first-order valence-corrected chi connectivity index (χ1v) is 5.92. The summed E-state index contributed by atoms with van der Waals surface area (Å²) in [6.45, 7) is 1.48. The molecule has 0 bridgehead atoms. The van der Waals surface area contributed by atoms with Crippen LogP contribution in [-0.4, -0.2) is 41.9 Å². The lowest BCUT2D eigenvalue weighted by Crippen LogP contribution is -2.38. The average Bonchev–Trinajstić information content (AvgIpc) is 2.90. The maximum Gasteiger partial charge on any atom is 0.285 e. The van der Waals surface area contributed by atoms with Gasteiger partial charge in [-0.3, -0.25) is 14.9 Å². The average molecular weight is 267 g/mol. The largest absolute Gasteiger partial charge is 0.337 e. The van der Waals surface area contributed by atoms with Gasteiger partial charge in [-0.1, -0.05) is 0 Å². The predicted molar refractivity (Wildman–Crippen MR) is 66.4 cm³/mol. The van der Waals surface area contributed by atoms with Crippen molar-refractivity contribution < 1.29 is 14.1 Å². The lowest BCUT2D eigenvalue weighted by Gasteiger charge is -2.23. The molecule has 0 spiro atoms. The quantitative estimate of drug-likeness (QED) is 0.659. The minimum atomic E-state index is -0.739. The number of rotatable bonds is 3. The van der Waals surface area contributed by atoms with Crippen LogP contribution in [0.4, 0.5) is 10.1 Å². The van der Waals surface area contributed by atoms with Gasteiger partial charge in [0.15, 0.2) is 0 Å². The van der Waals surface area contributed by atoms with Crippen molar-refractivity contribution in [1.29, 1.82) is 0 Å². The Morgan fingerprint density at radius 3 is 2.89 bits per heavy atom. The first-order chi connectivity index (χ1) is 9.00. The summed E-state index contributed by atoms with van der Waals surface area (Å²) in [4.78, 5) is 23.9. The van der Waals surface area contributed by atoms with Crippen LogP contribution in [0, 0.1) is 15.9 Å². The summed E-state index contributed by atoms with van der Waals surface area (Å²) in [6.07, 6.45) is 0.803. The fraction of sp³-hybridized carbons (Fsp3) is 0.417. The van der Waals surface area contributed by atoms with Crippen LogP contribution in [0.3, 0.4) is 0 Å². The topological polar surface area (TPSA) is 75.5 Å². The van der Waals surface area contributed by atoms with Crippen LogP contribution in [0.5, 0.6) is 0 Å². The number of halogens is 1. The third kappa shape index (κ3) is 2.70. The number of hydrogen-bond acceptors (Lipinski definition) is 4. The molecule has 0 radical (unpaired) electrons. The molecular weight excluding hydrogens is 253 g/mol. The van der Waals surface area contributed by atoms with Gasteiger partial charge < -0.3 is 10.2 Å².